The lowest BCUT2D eigenvalue weighted by Gasteiger charge is -2.35. The molecule has 0 aliphatic carbocycles. The van der Waals surface area contributed by atoms with Crippen molar-refractivity contribution in [1.29, 1.82) is 0 Å². The smallest absolute Gasteiger partial charge is 0.219 e. The molecule has 1 atom stereocenters. The number of amides is 1. The summed E-state index contributed by atoms with van der Waals surface area (Å²) in [5, 5.41) is 0. The molecule has 0 N–H and O–H groups in total. The van der Waals surface area contributed by atoms with Crippen LogP contribution < -0.4 is 4.74 Å². The fourth-order valence-corrected chi connectivity index (χ4v) is 2.65. The zero-order valence-corrected chi connectivity index (χ0v) is 11.3. The molecule has 0 radical (unpaired) electrons. The van der Waals surface area contributed by atoms with Gasteiger partial charge in [-0.1, -0.05) is 0 Å². The van der Waals surface area contributed by atoms with Crippen LogP contribution in [0.4, 0.5) is 0 Å². The number of piperidine rings is 1. The van der Waals surface area contributed by atoms with Crippen molar-refractivity contribution in [3.63, 3.8) is 0 Å². The monoisotopic (exact) mass is 248 g/mol. The lowest BCUT2D eigenvalue weighted by Crippen LogP contribution is -2.37. The van der Waals surface area contributed by atoms with Crippen LogP contribution in [0.1, 0.15) is 43.5 Å². The van der Waals surface area contributed by atoms with Gasteiger partial charge < -0.3 is 9.64 Å². The number of aromatic nitrogens is 1. The molecule has 0 saturated carbocycles. The van der Waals surface area contributed by atoms with Gasteiger partial charge in [-0.25, -0.2) is 4.98 Å². The SMILES string of the molecule is COc1ccc([C@H]2CCCCN2C(C)=O)c(C)n1. The molecule has 4 heteroatoms. The second-order valence-electron chi connectivity index (χ2n) is 4.75. The average Bonchev–Trinajstić information content (AvgIpc) is 2.38. The first-order chi connectivity index (χ1) is 8.63. The Kier molecular flexibility index (Phi) is 3.84. The molecule has 18 heavy (non-hydrogen) atoms. The van der Waals surface area contributed by atoms with Crippen LogP contribution in [0.3, 0.4) is 0 Å². The standard InChI is InChI=1S/C14H20N2O2/c1-10-12(7-8-14(15-10)18-3)13-6-4-5-9-16(13)11(2)17/h7-8,13H,4-6,9H2,1-3H3/t13-/m1/s1. The first-order valence-corrected chi connectivity index (χ1v) is 6.42. The number of carbonyl (C=O) groups is 1. The minimum Gasteiger partial charge on any atom is -0.481 e. The highest BCUT2D eigenvalue weighted by molar-refractivity contribution is 5.74. The molecule has 98 valence electrons. The van der Waals surface area contributed by atoms with Gasteiger partial charge in [0.25, 0.3) is 0 Å². The summed E-state index contributed by atoms with van der Waals surface area (Å²) < 4.78 is 5.12. The van der Waals surface area contributed by atoms with E-state index < -0.39 is 0 Å². The number of carbonyl (C=O) groups excluding carboxylic acids is 1. The van der Waals surface area contributed by atoms with E-state index in [0.717, 1.165) is 30.6 Å². The summed E-state index contributed by atoms with van der Waals surface area (Å²) in [6.45, 7) is 4.47. The molecule has 2 rings (SSSR count). The summed E-state index contributed by atoms with van der Waals surface area (Å²) in [4.78, 5) is 18.1. The Bertz CT molecular complexity index is 445. The van der Waals surface area contributed by atoms with E-state index in [0.29, 0.717) is 5.88 Å². The van der Waals surface area contributed by atoms with Crippen molar-refractivity contribution in [2.75, 3.05) is 13.7 Å². The van der Waals surface area contributed by atoms with Crippen molar-refractivity contribution >= 4 is 5.91 Å². The Morgan fingerprint density at radius 3 is 2.83 bits per heavy atom. The molecular weight excluding hydrogens is 228 g/mol. The largest absolute Gasteiger partial charge is 0.481 e. The molecule has 2 heterocycles. The summed E-state index contributed by atoms with van der Waals surface area (Å²) in [6, 6.07) is 4.08. The van der Waals surface area contributed by atoms with Crippen LogP contribution in [0.15, 0.2) is 12.1 Å². The van der Waals surface area contributed by atoms with Gasteiger partial charge >= 0.3 is 0 Å². The van der Waals surface area contributed by atoms with Gasteiger partial charge in [-0.05, 0) is 37.8 Å². The van der Waals surface area contributed by atoms with Gasteiger partial charge in [0.2, 0.25) is 11.8 Å². The number of ether oxygens (including phenoxy) is 1. The Hall–Kier alpha value is -1.58. The molecule has 1 amide bonds. The molecule has 1 aliphatic heterocycles. The zero-order chi connectivity index (χ0) is 13.1. The summed E-state index contributed by atoms with van der Waals surface area (Å²) in [6.07, 6.45) is 3.28. The number of likely N-dealkylation sites (tertiary alicyclic amines) is 1. The van der Waals surface area contributed by atoms with E-state index >= 15 is 0 Å². The minimum absolute atomic E-state index is 0.148. The molecule has 4 nitrogen and oxygen atoms in total. The van der Waals surface area contributed by atoms with Gasteiger partial charge in [-0.15, -0.1) is 0 Å². The van der Waals surface area contributed by atoms with Crippen LogP contribution in [-0.4, -0.2) is 29.4 Å². The van der Waals surface area contributed by atoms with E-state index in [-0.39, 0.29) is 11.9 Å². The number of aryl methyl sites for hydroxylation is 1. The maximum Gasteiger partial charge on any atom is 0.219 e. The van der Waals surface area contributed by atoms with E-state index in [1.807, 2.05) is 24.0 Å². The van der Waals surface area contributed by atoms with Crippen LogP contribution in [0.5, 0.6) is 5.88 Å². The lowest BCUT2D eigenvalue weighted by molar-refractivity contribution is -0.132. The van der Waals surface area contributed by atoms with Gasteiger partial charge in [-0.3, -0.25) is 4.79 Å². The van der Waals surface area contributed by atoms with Crippen molar-refractivity contribution in [2.45, 2.75) is 39.2 Å². The molecule has 1 saturated heterocycles. The molecule has 0 unspecified atom stereocenters. The van der Waals surface area contributed by atoms with Crippen molar-refractivity contribution in [3.05, 3.63) is 23.4 Å². The Balaban J connectivity index is 2.31. The quantitative estimate of drug-likeness (QED) is 0.807. The van der Waals surface area contributed by atoms with E-state index in [1.165, 1.54) is 6.42 Å². The molecule has 0 aromatic carbocycles. The zero-order valence-electron chi connectivity index (χ0n) is 11.3. The summed E-state index contributed by atoms with van der Waals surface area (Å²) in [7, 11) is 1.62. The van der Waals surface area contributed by atoms with Crippen LogP contribution in [0.25, 0.3) is 0 Å². The van der Waals surface area contributed by atoms with Gasteiger partial charge in [0, 0.05) is 25.2 Å². The van der Waals surface area contributed by atoms with E-state index in [1.54, 1.807) is 14.0 Å². The number of methoxy groups -OCH3 is 1. The topological polar surface area (TPSA) is 42.4 Å². The number of rotatable bonds is 2. The van der Waals surface area contributed by atoms with E-state index in [2.05, 4.69) is 4.98 Å². The average molecular weight is 248 g/mol. The number of pyridine rings is 1. The maximum atomic E-state index is 11.7. The maximum absolute atomic E-state index is 11.7. The predicted molar refractivity (Wildman–Crippen MR) is 69.5 cm³/mol. The number of hydrogen-bond donors (Lipinski definition) is 0. The number of nitrogens with zero attached hydrogens (tertiary/aromatic N) is 2. The van der Waals surface area contributed by atoms with E-state index in [9.17, 15) is 4.79 Å². The van der Waals surface area contributed by atoms with Crippen LogP contribution in [-0.2, 0) is 4.79 Å². The third kappa shape index (κ3) is 2.47. The van der Waals surface area contributed by atoms with Crippen LogP contribution in [0.2, 0.25) is 0 Å². The van der Waals surface area contributed by atoms with Crippen LogP contribution >= 0.6 is 0 Å². The third-order valence-electron chi connectivity index (χ3n) is 3.58. The van der Waals surface area contributed by atoms with Gasteiger partial charge in [0.05, 0.1) is 13.2 Å². The summed E-state index contributed by atoms with van der Waals surface area (Å²) in [5.41, 5.74) is 2.10. The van der Waals surface area contributed by atoms with E-state index in [4.69, 9.17) is 4.74 Å². The first-order valence-electron chi connectivity index (χ1n) is 6.42. The molecular formula is C14H20N2O2. The highest BCUT2D eigenvalue weighted by Crippen LogP contribution is 2.32. The highest BCUT2D eigenvalue weighted by Gasteiger charge is 2.27. The third-order valence-corrected chi connectivity index (χ3v) is 3.58. The molecule has 0 bridgehead atoms. The molecule has 0 spiro atoms. The van der Waals surface area contributed by atoms with Crippen molar-refractivity contribution in [3.8, 4) is 5.88 Å². The van der Waals surface area contributed by atoms with Crippen molar-refractivity contribution in [2.24, 2.45) is 0 Å². The van der Waals surface area contributed by atoms with Gasteiger partial charge in [0.1, 0.15) is 0 Å². The Morgan fingerprint density at radius 2 is 2.22 bits per heavy atom. The number of hydrogen-bond acceptors (Lipinski definition) is 3. The lowest BCUT2D eigenvalue weighted by atomic mass is 9.94. The molecule has 1 aromatic heterocycles. The van der Waals surface area contributed by atoms with Crippen LogP contribution in [0, 0.1) is 6.92 Å². The first kappa shape index (κ1) is 12.9. The predicted octanol–water partition coefficient (Wildman–Crippen LogP) is 2.47. The summed E-state index contributed by atoms with van der Waals surface area (Å²) in [5.74, 6) is 0.774. The Labute approximate surface area is 108 Å². The Morgan fingerprint density at radius 1 is 1.44 bits per heavy atom. The normalized spacial score (nSPS) is 19.7. The summed E-state index contributed by atoms with van der Waals surface area (Å²) >= 11 is 0. The second-order valence-corrected chi connectivity index (χ2v) is 4.75. The fraction of sp³-hybridized carbons (Fsp3) is 0.571. The molecule has 1 aliphatic rings. The molecule has 1 aromatic rings. The van der Waals surface area contributed by atoms with Gasteiger partial charge in [0.15, 0.2) is 0 Å². The van der Waals surface area contributed by atoms with Gasteiger partial charge in [-0.2, -0.15) is 0 Å². The van der Waals surface area contributed by atoms with Crippen molar-refractivity contribution in [1.82, 2.24) is 9.88 Å². The van der Waals surface area contributed by atoms with Crippen molar-refractivity contribution < 1.29 is 9.53 Å². The molecule has 1 fully saturated rings. The highest BCUT2D eigenvalue weighted by atomic mass is 16.5. The fourth-order valence-electron chi connectivity index (χ4n) is 2.65. The minimum atomic E-state index is 0.148. The second kappa shape index (κ2) is 5.38.